The zero-order valence-electron chi connectivity index (χ0n) is 6.29. The fourth-order valence-corrected chi connectivity index (χ4v) is 1.08. The highest BCUT2D eigenvalue weighted by molar-refractivity contribution is 5.93. The zero-order chi connectivity index (χ0) is 8.48. The van der Waals surface area contributed by atoms with E-state index in [0.29, 0.717) is 18.7 Å². The number of carbonyl (C=O) groups is 1. The summed E-state index contributed by atoms with van der Waals surface area (Å²) in [6.45, 7) is 1.64. The van der Waals surface area contributed by atoms with E-state index in [1.54, 1.807) is 12.4 Å². The maximum absolute atomic E-state index is 11.0. The van der Waals surface area contributed by atoms with Gasteiger partial charge in [0.05, 0.1) is 5.84 Å². The van der Waals surface area contributed by atoms with E-state index in [9.17, 15) is 4.79 Å². The van der Waals surface area contributed by atoms with Gasteiger partial charge in [-0.1, -0.05) is 0 Å². The molecule has 1 unspecified atom stereocenters. The molecule has 0 aromatic rings. The summed E-state index contributed by atoms with van der Waals surface area (Å²) in [5, 5.41) is 8.34. The fourth-order valence-electron chi connectivity index (χ4n) is 1.08. The highest BCUT2D eigenvalue weighted by Crippen LogP contribution is 2.23. The normalized spacial score (nSPS) is 29.8. The van der Waals surface area contributed by atoms with E-state index in [1.807, 2.05) is 0 Å². The van der Waals surface area contributed by atoms with Gasteiger partial charge in [0, 0.05) is 6.42 Å². The first-order valence-corrected chi connectivity index (χ1v) is 3.37. The average Bonchev–Trinajstić information content (AvgIpc) is 2.31. The number of hydroxylamine groups is 1. The van der Waals surface area contributed by atoms with Gasteiger partial charge in [0.25, 0.3) is 5.91 Å². The second-order valence-corrected chi connectivity index (χ2v) is 2.82. The van der Waals surface area contributed by atoms with Gasteiger partial charge in [0.1, 0.15) is 5.54 Å². The quantitative estimate of drug-likeness (QED) is 0.351. The van der Waals surface area contributed by atoms with Crippen LogP contribution in [0.5, 0.6) is 0 Å². The van der Waals surface area contributed by atoms with E-state index in [4.69, 9.17) is 10.9 Å². The Morgan fingerprint density at radius 3 is 2.91 bits per heavy atom. The number of rotatable bonds is 1. The van der Waals surface area contributed by atoms with Crippen molar-refractivity contribution in [2.75, 3.05) is 0 Å². The molecule has 1 aliphatic heterocycles. The van der Waals surface area contributed by atoms with Crippen molar-refractivity contribution in [3.8, 4) is 0 Å². The smallest absolute Gasteiger partial charge is 0.271 e. The van der Waals surface area contributed by atoms with Crippen LogP contribution >= 0.6 is 0 Å². The molecule has 5 nitrogen and oxygen atoms in total. The molecule has 0 radical (unpaired) electrons. The second-order valence-electron chi connectivity index (χ2n) is 2.82. The summed E-state index contributed by atoms with van der Waals surface area (Å²) in [7, 11) is 0. The number of nitrogens with zero attached hydrogens (tertiary/aromatic N) is 1. The molecule has 0 saturated heterocycles. The van der Waals surface area contributed by atoms with Crippen molar-refractivity contribution in [3.05, 3.63) is 0 Å². The van der Waals surface area contributed by atoms with Crippen LogP contribution in [0.1, 0.15) is 19.8 Å². The summed E-state index contributed by atoms with van der Waals surface area (Å²) in [6.07, 6.45) is 1.18. The molecule has 1 rings (SSSR count). The molecule has 0 spiro atoms. The molecule has 0 saturated carbocycles. The monoisotopic (exact) mass is 157 g/mol. The lowest BCUT2D eigenvalue weighted by Crippen LogP contribution is -2.40. The van der Waals surface area contributed by atoms with Crippen LogP contribution in [0.25, 0.3) is 0 Å². The van der Waals surface area contributed by atoms with Crippen LogP contribution in [0.15, 0.2) is 4.99 Å². The lowest BCUT2D eigenvalue weighted by atomic mass is 9.99. The van der Waals surface area contributed by atoms with Crippen LogP contribution in [0.3, 0.4) is 0 Å². The largest absolute Gasteiger partial charge is 0.387 e. The summed E-state index contributed by atoms with van der Waals surface area (Å²) >= 11 is 0. The van der Waals surface area contributed by atoms with Gasteiger partial charge >= 0.3 is 0 Å². The topological polar surface area (TPSA) is 87.7 Å². The van der Waals surface area contributed by atoms with E-state index in [0.717, 1.165) is 0 Å². The highest BCUT2D eigenvalue weighted by atomic mass is 16.5. The van der Waals surface area contributed by atoms with Crippen molar-refractivity contribution in [2.45, 2.75) is 25.3 Å². The van der Waals surface area contributed by atoms with Gasteiger partial charge < -0.3 is 5.73 Å². The number of amides is 1. The van der Waals surface area contributed by atoms with Crippen LogP contribution in [-0.4, -0.2) is 22.5 Å². The van der Waals surface area contributed by atoms with Gasteiger partial charge in [-0.15, -0.1) is 0 Å². The molecule has 0 fully saturated rings. The predicted molar refractivity (Wildman–Crippen MR) is 39.2 cm³/mol. The van der Waals surface area contributed by atoms with Crippen LogP contribution in [0.4, 0.5) is 0 Å². The molecule has 1 atom stereocenters. The second kappa shape index (κ2) is 2.50. The Labute approximate surface area is 64.3 Å². The standard InChI is InChI=1S/C6H11N3O2/c1-6(5(10)9-11)3-2-4(7)8-6/h11H,2-3H2,1H3,(H2,7,8)(H,9,10). The van der Waals surface area contributed by atoms with Crippen LogP contribution < -0.4 is 11.2 Å². The third kappa shape index (κ3) is 1.32. The van der Waals surface area contributed by atoms with E-state index < -0.39 is 11.4 Å². The Balaban J connectivity index is 2.77. The Bertz CT molecular complexity index is 214. The van der Waals surface area contributed by atoms with Gasteiger partial charge in [-0.3, -0.25) is 15.0 Å². The Hall–Kier alpha value is -1.10. The van der Waals surface area contributed by atoms with E-state index >= 15 is 0 Å². The van der Waals surface area contributed by atoms with Crippen molar-refractivity contribution >= 4 is 11.7 Å². The molecule has 0 bridgehead atoms. The SMILES string of the molecule is CC1(C(=O)NO)CCC(N)=N1. The number of aliphatic imine (C=N–C) groups is 1. The minimum atomic E-state index is -0.862. The fraction of sp³-hybridized carbons (Fsp3) is 0.667. The number of hydrogen-bond donors (Lipinski definition) is 3. The van der Waals surface area contributed by atoms with Gasteiger partial charge in [-0.2, -0.15) is 0 Å². The van der Waals surface area contributed by atoms with Gasteiger partial charge in [-0.05, 0) is 13.3 Å². The van der Waals surface area contributed by atoms with Crippen molar-refractivity contribution in [2.24, 2.45) is 10.7 Å². The lowest BCUT2D eigenvalue weighted by Gasteiger charge is -2.16. The van der Waals surface area contributed by atoms with Crippen LogP contribution in [0.2, 0.25) is 0 Å². The van der Waals surface area contributed by atoms with Gasteiger partial charge in [0.2, 0.25) is 0 Å². The Morgan fingerprint density at radius 1 is 1.91 bits per heavy atom. The van der Waals surface area contributed by atoms with Crippen LogP contribution in [0, 0.1) is 0 Å². The summed E-state index contributed by atoms with van der Waals surface area (Å²) in [6, 6.07) is 0. The average molecular weight is 157 g/mol. The van der Waals surface area contributed by atoms with Crippen molar-refractivity contribution in [1.82, 2.24) is 5.48 Å². The molecule has 1 heterocycles. The van der Waals surface area contributed by atoms with E-state index in [-0.39, 0.29) is 0 Å². The van der Waals surface area contributed by atoms with Crippen molar-refractivity contribution in [3.63, 3.8) is 0 Å². The number of nitrogens with two attached hydrogens (primary N) is 1. The van der Waals surface area contributed by atoms with Gasteiger partial charge in [0.15, 0.2) is 0 Å². The molecule has 1 aliphatic rings. The van der Waals surface area contributed by atoms with E-state index in [2.05, 4.69) is 4.99 Å². The molecular weight excluding hydrogens is 146 g/mol. The lowest BCUT2D eigenvalue weighted by molar-refractivity contribution is -0.134. The zero-order valence-corrected chi connectivity index (χ0v) is 6.29. The highest BCUT2D eigenvalue weighted by Gasteiger charge is 2.36. The first kappa shape index (κ1) is 8.00. The third-order valence-electron chi connectivity index (χ3n) is 1.85. The van der Waals surface area contributed by atoms with E-state index in [1.165, 1.54) is 0 Å². The maximum atomic E-state index is 11.0. The molecule has 1 amide bonds. The molecule has 4 N–H and O–H groups in total. The Kier molecular flexibility index (Phi) is 1.82. The minimum Gasteiger partial charge on any atom is -0.387 e. The number of hydrogen-bond acceptors (Lipinski definition) is 4. The number of carbonyl (C=O) groups excluding carboxylic acids is 1. The molecule has 0 aromatic heterocycles. The molecule has 11 heavy (non-hydrogen) atoms. The third-order valence-corrected chi connectivity index (χ3v) is 1.85. The molecular formula is C6H11N3O2. The number of nitrogens with one attached hydrogen (secondary N) is 1. The van der Waals surface area contributed by atoms with Gasteiger partial charge in [-0.25, -0.2) is 5.48 Å². The maximum Gasteiger partial charge on any atom is 0.271 e. The molecule has 0 aromatic carbocycles. The molecule has 0 aliphatic carbocycles. The summed E-state index contributed by atoms with van der Waals surface area (Å²) in [5.41, 5.74) is 6.10. The predicted octanol–water partition coefficient (Wildman–Crippen LogP) is -0.598. The van der Waals surface area contributed by atoms with Crippen molar-refractivity contribution < 1.29 is 10.0 Å². The molecule has 62 valence electrons. The Morgan fingerprint density at radius 2 is 2.55 bits per heavy atom. The molecule has 5 heteroatoms. The summed E-state index contributed by atoms with van der Waals surface area (Å²) in [4.78, 5) is 14.9. The number of amidine groups is 1. The summed E-state index contributed by atoms with van der Waals surface area (Å²) in [5.74, 6) is -0.0333. The first-order valence-electron chi connectivity index (χ1n) is 3.37. The first-order chi connectivity index (χ1) is 5.08. The summed E-state index contributed by atoms with van der Waals surface area (Å²) < 4.78 is 0. The minimum absolute atomic E-state index is 0.469. The van der Waals surface area contributed by atoms with Crippen LogP contribution in [-0.2, 0) is 4.79 Å². The van der Waals surface area contributed by atoms with Crippen molar-refractivity contribution in [1.29, 1.82) is 0 Å².